The number of carbonyl (C=O) groups excluding carboxylic acids is 1. The third-order valence-electron chi connectivity index (χ3n) is 7.50. The number of hydrogen-bond donors (Lipinski definition) is 2. The number of halogens is 1. The number of aromatic nitrogens is 1. The van der Waals surface area contributed by atoms with Crippen molar-refractivity contribution in [1.29, 1.82) is 0 Å². The number of hydrogen-bond acceptors (Lipinski definition) is 3. The Hall–Kier alpha value is -3.50. The van der Waals surface area contributed by atoms with E-state index in [0.29, 0.717) is 23.5 Å². The number of nitrogens with one attached hydrogen (secondary N) is 1. The van der Waals surface area contributed by atoms with Crippen LogP contribution in [0.15, 0.2) is 88.8 Å². The van der Waals surface area contributed by atoms with Gasteiger partial charge in [-0.1, -0.05) is 86.4 Å². The first-order chi connectivity index (χ1) is 18.1. The molecular weight excluding hydrogens is 490 g/mol. The van der Waals surface area contributed by atoms with E-state index in [1.54, 1.807) is 0 Å². The van der Waals surface area contributed by atoms with Crippen molar-refractivity contribution in [2.24, 2.45) is 11.1 Å². The van der Waals surface area contributed by atoms with Crippen molar-refractivity contribution in [1.82, 2.24) is 4.57 Å². The van der Waals surface area contributed by atoms with E-state index in [1.807, 2.05) is 24.3 Å². The average molecular weight is 526 g/mol. The lowest BCUT2D eigenvalue weighted by atomic mass is 9.79. The minimum absolute atomic E-state index is 0.0434. The van der Waals surface area contributed by atoms with E-state index in [1.165, 1.54) is 22.0 Å². The van der Waals surface area contributed by atoms with Crippen LogP contribution >= 0.6 is 11.6 Å². The van der Waals surface area contributed by atoms with E-state index in [0.717, 1.165) is 46.8 Å². The van der Waals surface area contributed by atoms with Crippen LogP contribution in [0, 0.1) is 5.41 Å². The number of nitrogens with zero attached hydrogens (tertiary/aromatic N) is 1. The normalized spacial score (nSPS) is 16.8. The molecule has 3 N–H and O–H groups in total. The molecular formula is C33H36ClN3O. The molecule has 2 aliphatic rings. The predicted molar refractivity (Wildman–Crippen MR) is 160 cm³/mol. The van der Waals surface area contributed by atoms with E-state index in [9.17, 15) is 4.79 Å². The van der Waals surface area contributed by atoms with Crippen LogP contribution in [0.5, 0.6) is 0 Å². The van der Waals surface area contributed by atoms with Gasteiger partial charge in [0.1, 0.15) is 5.70 Å². The van der Waals surface area contributed by atoms with Gasteiger partial charge in [0, 0.05) is 38.3 Å². The monoisotopic (exact) mass is 525 g/mol. The van der Waals surface area contributed by atoms with Crippen LogP contribution < -0.4 is 11.1 Å². The lowest BCUT2D eigenvalue weighted by molar-refractivity contribution is -0.113. The van der Waals surface area contributed by atoms with Crippen LogP contribution in [-0.2, 0) is 11.3 Å². The van der Waals surface area contributed by atoms with Crippen LogP contribution in [0.2, 0.25) is 5.02 Å². The summed E-state index contributed by atoms with van der Waals surface area (Å²) in [4.78, 5) is 13.3. The van der Waals surface area contributed by atoms with Crippen molar-refractivity contribution in [2.45, 2.75) is 60.4 Å². The highest BCUT2D eigenvalue weighted by Crippen LogP contribution is 2.45. The van der Waals surface area contributed by atoms with Gasteiger partial charge in [0.2, 0.25) is 5.78 Å². The summed E-state index contributed by atoms with van der Waals surface area (Å²) < 4.78 is 2.28. The van der Waals surface area contributed by atoms with Crippen LogP contribution in [0.1, 0.15) is 59.4 Å². The standard InChI is InChI=1S/C33H36ClN3O/c1-6-9-20(2)12-13-21(3)17-33(4,5)18-23-30(35)31(32(23)38)36-26-15-14-25(34)24-19-37-27-11-8-7-10-22(27)16-28(37)29(24)26/h7-8,10-16,18,36H,6,9,17,19,35H2,1-5H3/b20-12-,21-13+,23-18+. The molecule has 3 aromatic rings. The molecule has 0 spiro atoms. The number of para-hydroxylation sites is 1. The Balaban J connectivity index is 1.41. The highest BCUT2D eigenvalue weighted by atomic mass is 35.5. The number of Topliss-reactive ketones (excluding diaryl/α,β-unsaturated/α-hetero) is 1. The van der Waals surface area contributed by atoms with E-state index < -0.39 is 0 Å². The molecule has 0 fully saturated rings. The highest BCUT2D eigenvalue weighted by molar-refractivity contribution is 6.32. The number of fused-ring (bicyclic) bond motifs is 5. The van der Waals surface area contributed by atoms with Gasteiger partial charge < -0.3 is 15.6 Å². The molecule has 1 aliphatic carbocycles. The zero-order valence-electron chi connectivity index (χ0n) is 22.9. The smallest absolute Gasteiger partial charge is 0.213 e. The van der Waals surface area contributed by atoms with Gasteiger partial charge >= 0.3 is 0 Å². The molecule has 0 bridgehead atoms. The van der Waals surface area contributed by atoms with Crippen LogP contribution in [0.25, 0.3) is 22.2 Å². The minimum Gasteiger partial charge on any atom is -0.396 e. The van der Waals surface area contributed by atoms with E-state index >= 15 is 0 Å². The minimum atomic E-state index is -0.198. The second kappa shape index (κ2) is 9.99. The molecule has 196 valence electrons. The third-order valence-corrected chi connectivity index (χ3v) is 7.85. The van der Waals surface area contributed by atoms with E-state index in [4.69, 9.17) is 17.3 Å². The molecule has 5 rings (SSSR count). The molecule has 4 nitrogen and oxygen atoms in total. The number of ketones is 1. The fourth-order valence-electron chi connectivity index (χ4n) is 5.75. The largest absolute Gasteiger partial charge is 0.396 e. The zero-order valence-corrected chi connectivity index (χ0v) is 23.7. The van der Waals surface area contributed by atoms with Crippen molar-refractivity contribution in [2.75, 3.05) is 5.32 Å². The van der Waals surface area contributed by atoms with Crippen molar-refractivity contribution >= 4 is 34.0 Å². The molecule has 0 amide bonds. The summed E-state index contributed by atoms with van der Waals surface area (Å²) in [5.74, 6) is -0.0434. The number of rotatable bonds is 8. The van der Waals surface area contributed by atoms with Gasteiger partial charge in [-0.3, -0.25) is 4.79 Å². The zero-order chi connectivity index (χ0) is 27.2. The maximum Gasteiger partial charge on any atom is 0.213 e. The summed E-state index contributed by atoms with van der Waals surface area (Å²) in [7, 11) is 0. The lowest BCUT2D eigenvalue weighted by Gasteiger charge is -2.29. The second-order valence-electron chi connectivity index (χ2n) is 11.4. The van der Waals surface area contributed by atoms with Gasteiger partial charge in [-0.2, -0.15) is 0 Å². The highest BCUT2D eigenvalue weighted by Gasteiger charge is 2.35. The van der Waals surface area contributed by atoms with Crippen molar-refractivity contribution in [3.05, 3.63) is 99.4 Å². The van der Waals surface area contributed by atoms with Gasteiger partial charge in [0.25, 0.3) is 0 Å². The summed E-state index contributed by atoms with van der Waals surface area (Å²) in [6.45, 7) is 11.5. The Morgan fingerprint density at radius 2 is 1.87 bits per heavy atom. The summed E-state index contributed by atoms with van der Waals surface area (Å²) in [6, 6.07) is 14.4. The van der Waals surface area contributed by atoms with Crippen molar-refractivity contribution < 1.29 is 4.79 Å². The number of nitrogens with two attached hydrogens (primary N) is 1. The first kappa shape index (κ1) is 26.1. The molecule has 1 aliphatic heterocycles. The fourth-order valence-corrected chi connectivity index (χ4v) is 5.97. The predicted octanol–water partition coefficient (Wildman–Crippen LogP) is 8.52. The van der Waals surface area contributed by atoms with Crippen LogP contribution in [-0.4, -0.2) is 10.4 Å². The number of allylic oxidation sites excluding steroid dienone is 7. The first-order valence-electron chi connectivity index (χ1n) is 13.4. The quantitative estimate of drug-likeness (QED) is 0.179. The van der Waals surface area contributed by atoms with Gasteiger partial charge in [-0.15, -0.1) is 0 Å². The molecule has 0 saturated carbocycles. The molecule has 1 aromatic heterocycles. The third kappa shape index (κ3) is 4.74. The Morgan fingerprint density at radius 1 is 1.13 bits per heavy atom. The van der Waals surface area contributed by atoms with Crippen LogP contribution in [0.4, 0.5) is 5.69 Å². The molecule has 0 atom stereocenters. The Kier molecular flexibility index (Phi) is 6.87. The number of benzene rings is 2. The van der Waals surface area contributed by atoms with Crippen LogP contribution in [0.3, 0.4) is 0 Å². The number of carbonyl (C=O) groups is 1. The van der Waals surface area contributed by atoms with Crippen molar-refractivity contribution in [3.8, 4) is 11.3 Å². The van der Waals surface area contributed by atoms with E-state index in [-0.39, 0.29) is 11.2 Å². The molecule has 0 saturated heterocycles. The molecule has 0 radical (unpaired) electrons. The summed E-state index contributed by atoms with van der Waals surface area (Å²) in [5.41, 5.74) is 15.7. The maximum atomic E-state index is 13.3. The SMILES string of the molecule is CCC/C(C)=C\C=C(/C)CC(C)(C)/C=C1/C(=O)C(Nc2ccc(Cl)c3c2-c2cc4ccccc4n2C3)=C1N. The Labute approximate surface area is 230 Å². The summed E-state index contributed by atoms with van der Waals surface area (Å²) >= 11 is 6.61. The van der Waals surface area contributed by atoms with E-state index in [2.05, 4.69) is 80.9 Å². The number of anilines is 1. The topological polar surface area (TPSA) is 60.0 Å². The molecule has 5 heteroatoms. The fraction of sp³-hybridized carbons (Fsp3) is 0.303. The summed E-state index contributed by atoms with van der Waals surface area (Å²) in [5, 5.41) is 5.28. The Morgan fingerprint density at radius 3 is 2.61 bits per heavy atom. The first-order valence-corrected chi connectivity index (χ1v) is 13.7. The molecule has 2 heterocycles. The average Bonchev–Trinajstić information content (AvgIpc) is 3.43. The van der Waals surface area contributed by atoms with Gasteiger partial charge in [0.05, 0.1) is 17.9 Å². The van der Waals surface area contributed by atoms with Gasteiger partial charge in [-0.05, 0) is 56.4 Å². The molecule has 38 heavy (non-hydrogen) atoms. The van der Waals surface area contributed by atoms with Gasteiger partial charge in [0.15, 0.2) is 0 Å². The second-order valence-corrected chi connectivity index (χ2v) is 11.8. The molecule has 0 unspecified atom stereocenters. The lowest BCUT2D eigenvalue weighted by Crippen LogP contribution is -2.33. The molecule has 2 aromatic carbocycles. The van der Waals surface area contributed by atoms with Gasteiger partial charge in [-0.25, -0.2) is 0 Å². The summed E-state index contributed by atoms with van der Waals surface area (Å²) in [6.07, 6.45) is 9.54. The maximum absolute atomic E-state index is 13.3. The van der Waals surface area contributed by atoms with Crippen molar-refractivity contribution in [3.63, 3.8) is 0 Å². The Bertz CT molecular complexity index is 1580.